The van der Waals surface area contributed by atoms with Gasteiger partial charge in [-0.15, -0.1) is 0 Å². The maximum Gasteiger partial charge on any atom is 0.243 e. The highest BCUT2D eigenvalue weighted by Gasteiger charge is 2.32. The zero-order valence-electron chi connectivity index (χ0n) is 10.8. The van der Waals surface area contributed by atoms with E-state index in [4.69, 9.17) is 10.5 Å². The molecule has 19 heavy (non-hydrogen) atoms. The lowest BCUT2D eigenvalue weighted by atomic mass is 10.3. The number of sulfonamides is 1. The van der Waals surface area contributed by atoms with Crippen molar-refractivity contribution in [1.82, 2.24) is 4.31 Å². The number of halogens is 1. The third kappa shape index (κ3) is 3.05. The molecule has 0 bridgehead atoms. The van der Waals surface area contributed by atoms with Gasteiger partial charge in [-0.3, -0.25) is 0 Å². The largest absolute Gasteiger partial charge is 0.399 e. The third-order valence-electron chi connectivity index (χ3n) is 2.92. The first-order valence-electron chi connectivity index (χ1n) is 6.00. The molecule has 2 N–H and O–H groups in total. The van der Waals surface area contributed by atoms with Crippen LogP contribution < -0.4 is 5.73 Å². The van der Waals surface area contributed by atoms with Gasteiger partial charge in [0, 0.05) is 18.8 Å². The fraction of sp³-hybridized carbons (Fsp3) is 0.500. The Labute approximate surface area is 112 Å². The van der Waals surface area contributed by atoms with Crippen LogP contribution >= 0.6 is 0 Å². The molecular formula is C12H17FN2O3S. The predicted octanol–water partition coefficient (Wildman–Crippen LogP) is 1.21. The first kappa shape index (κ1) is 14.2. The Balaban J connectivity index is 2.36. The summed E-state index contributed by atoms with van der Waals surface area (Å²) in [6.45, 7) is 4.11. The van der Waals surface area contributed by atoms with Gasteiger partial charge in [0.05, 0.1) is 17.1 Å². The summed E-state index contributed by atoms with van der Waals surface area (Å²) in [5, 5.41) is 0. The normalized spacial score (nSPS) is 25.4. The van der Waals surface area contributed by atoms with Gasteiger partial charge in [0.25, 0.3) is 0 Å². The van der Waals surface area contributed by atoms with Crippen LogP contribution in [0, 0.1) is 5.82 Å². The van der Waals surface area contributed by atoms with Gasteiger partial charge in [-0.05, 0) is 32.0 Å². The predicted molar refractivity (Wildman–Crippen MR) is 69.6 cm³/mol. The Morgan fingerprint density at radius 2 is 1.84 bits per heavy atom. The number of rotatable bonds is 2. The summed E-state index contributed by atoms with van der Waals surface area (Å²) in [6.07, 6.45) is -0.381. The molecule has 1 aromatic carbocycles. The van der Waals surface area contributed by atoms with Crippen LogP contribution in [-0.4, -0.2) is 38.0 Å². The highest BCUT2D eigenvalue weighted by atomic mass is 32.2. The van der Waals surface area contributed by atoms with Crippen molar-refractivity contribution in [2.45, 2.75) is 31.0 Å². The summed E-state index contributed by atoms with van der Waals surface area (Å²) in [4.78, 5) is -0.119. The van der Waals surface area contributed by atoms with Gasteiger partial charge in [-0.25, -0.2) is 12.8 Å². The molecule has 5 nitrogen and oxygen atoms in total. The molecule has 0 spiro atoms. The molecule has 2 rings (SSSR count). The van der Waals surface area contributed by atoms with E-state index in [1.165, 1.54) is 10.4 Å². The number of nitrogens with two attached hydrogens (primary N) is 1. The van der Waals surface area contributed by atoms with E-state index in [1.807, 2.05) is 0 Å². The van der Waals surface area contributed by atoms with Gasteiger partial charge in [0.2, 0.25) is 10.0 Å². The van der Waals surface area contributed by atoms with E-state index in [0.717, 1.165) is 12.1 Å². The Bertz CT molecular complexity index is 546. The van der Waals surface area contributed by atoms with E-state index in [-0.39, 0.29) is 35.9 Å². The molecule has 1 fully saturated rings. The van der Waals surface area contributed by atoms with Gasteiger partial charge in [-0.2, -0.15) is 4.31 Å². The lowest BCUT2D eigenvalue weighted by molar-refractivity contribution is -0.0440. The summed E-state index contributed by atoms with van der Waals surface area (Å²) in [7, 11) is -3.74. The van der Waals surface area contributed by atoms with Gasteiger partial charge < -0.3 is 10.5 Å². The zero-order chi connectivity index (χ0) is 14.2. The van der Waals surface area contributed by atoms with E-state index in [2.05, 4.69) is 0 Å². The zero-order valence-corrected chi connectivity index (χ0v) is 11.7. The number of benzene rings is 1. The lowest BCUT2D eigenvalue weighted by Gasteiger charge is -2.34. The van der Waals surface area contributed by atoms with Crippen LogP contribution in [0.4, 0.5) is 10.1 Å². The average Bonchev–Trinajstić information content (AvgIpc) is 2.26. The van der Waals surface area contributed by atoms with Crippen LogP contribution in [-0.2, 0) is 14.8 Å². The summed E-state index contributed by atoms with van der Waals surface area (Å²) < 4.78 is 44.9. The quantitative estimate of drug-likeness (QED) is 0.830. The van der Waals surface area contributed by atoms with Crippen molar-refractivity contribution in [1.29, 1.82) is 0 Å². The molecule has 0 aromatic heterocycles. The number of hydrogen-bond acceptors (Lipinski definition) is 4. The minimum Gasteiger partial charge on any atom is -0.399 e. The standard InChI is InChI=1S/C12H17FN2O3S/c1-8-6-15(7-9(2)18-8)19(16,17)12-4-10(13)3-11(14)5-12/h3-5,8-9H,6-7,14H2,1-2H3/t8-,9+. The molecule has 0 aliphatic carbocycles. The van der Waals surface area contributed by atoms with Crippen LogP contribution in [0.2, 0.25) is 0 Å². The van der Waals surface area contributed by atoms with Crippen molar-refractivity contribution < 1.29 is 17.5 Å². The average molecular weight is 288 g/mol. The van der Waals surface area contributed by atoms with E-state index < -0.39 is 15.8 Å². The highest BCUT2D eigenvalue weighted by molar-refractivity contribution is 7.89. The molecule has 1 saturated heterocycles. The summed E-state index contributed by atoms with van der Waals surface area (Å²) in [5.74, 6) is -0.659. The molecule has 0 unspecified atom stereocenters. The van der Waals surface area contributed by atoms with Crippen molar-refractivity contribution in [3.63, 3.8) is 0 Å². The lowest BCUT2D eigenvalue weighted by Crippen LogP contribution is -2.48. The number of anilines is 1. The van der Waals surface area contributed by atoms with Gasteiger partial charge in [0.15, 0.2) is 0 Å². The second-order valence-corrected chi connectivity index (χ2v) is 6.74. The molecule has 106 valence electrons. The molecular weight excluding hydrogens is 271 g/mol. The van der Waals surface area contributed by atoms with E-state index in [9.17, 15) is 12.8 Å². The first-order valence-corrected chi connectivity index (χ1v) is 7.44. The van der Waals surface area contributed by atoms with Gasteiger partial charge in [-0.1, -0.05) is 0 Å². The van der Waals surface area contributed by atoms with Crippen LogP contribution in [0.3, 0.4) is 0 Å². The van der Waals surface area contributed by atoms with Crippen molar-refractivity contribution in [3.05, 3.63) is 24.0 Å². The molecule has 7 heteroatoms. The summed E-state index contributed by atoms with van der Waals surface area (Å²) in [6, 6.07) is 3.34. The number of nitrogens with zero attached hydrogens (tertiary/aromatic N) is 1. The molecule has 0 radical (unpaired) electrons. The molecule has 1 aliphatic heterocycles. The number of morpholine rings is 1. The molecule has 2 atom stereocenters. The minimum atomic E-state index is -3.74. The smallest absolute Gasteiger partial charge is 0.243 e. The highest BCUT2D eigenvalue weighted by Crippen LogP contribution is 2.23. The van der Waals surface area contributed by atoms with Crippen LogP contribution in [0.5, 0.6) is 0 Å². The van der Waals surface area contributed by atoms with Gasteiger partial charge in [0.1, 0.15) is 5.82 Å². The second-order valence-electron chi connectivity index (χ2n) is 4.80. The maximum atomic E-state index is 13.3. The molecule has 0 amide bonds. The Hall–Kier alpha value is -1.18. The Morgan fingerprint density at radius 1 is 1.26 bits per heavy atom. The van der Waals surface area contributed by atoms with Crippen molar-refractivity contribution in [3.8, 4) is 0 Å². The van der Waals surface area contributed by atoms with Crippen LogP contribution in [0.15, 0.2) is 23.1 Å². The monoisotopic (exact) mass is 288 g/mol. The number of hydrogen-bond donors (Lipinski definition) is 1. The van der Waals surface area contributed by atoms with Crippen LogP contribution in [0.1, 0.15) is 13.8 Å². The minimum absolute atomic E-state index is 0.0907. The number of ether oxygens (including phenoxy) is 1. The SMILES string of the molecule is C[C@@H]1CN(S(=O)(=O)c2cc(N)cc(F)c2)C[C@H](C)O1. The Morgan fingerprint density at radius 3 is 2.37 bits per heavy atom. The van der Waals surface area contributed by atoms with E-state index in [0.29, 0.717) is 0 Å². The van der Waals surface area contributed by atoms with E-state index in [1.54, 1.807) is 13.8 Å². The second kappa shape index (κ2) is 5.07. The van der Waals surface area contributed by atoms with Crippen LogP contribution in [0.25, 0.3) is 0 Å². The van der Waals surface area contributed by atoms with E-state index >= 15 is 0 Å². The fourth-order valence-corrected chi connectivity index (χ4v) is 3.87. The Kier molecular flexibility index (Phi) is 3.80. The summed E-state index contributed by atoms with van der Waals surface area (Å²) >= 11 is 0. The van der Waals surface area contributed by atoms with Crippen molar-refractivity contribution >= 4 is 15.7 Å². The number of nitrogen functional groups attached to an aromatic ring is 1. The van der Waals surface area contributed by atoms with Crippen molar-refractivity contribution in [2.24, 2.45) is 0 Å². The van der Waals surface area contributed by atoms with Gasteiger partial charge >= 0.3 is 0 Å². The topological polar surface area (TPSA) is 72.6 Å². The molecule has 1 heterocycles. The molecule has 1 aliphatic rings. The maximum absolute atomic E-state index is 13.3. The fourth-order valence-electron chi connectivity index (χ4n) is 2.21. The third-order valence-corrected chi connectivity index (χ3v) is 4.73. The molecule has 0 saturated carbocycles. The first-order chi connectivity index (χ1) is 8.79. The van der Waals surface area contributed by atoms with Crippen molar-refractivity contribution in [2.75, 3.05) is 18.8 Å². The molecule has 1 aromatic rings. The summed E-state index contributed by atoms with van der Waals surface area (Å²) in [5.41, 5.74) is 5.58.